The molecule has 92 valence electrons. The lowest BCUT2D eigenvalue weighted by Crippen LogP contribution is -2.47. The quantitative estimate of drug-likeness (QED) is 0.615. The van der Waals surface area contributed by atoms with Crippen LogP contribution < -0.4 is 5.32 Å². The molecular weight excluding hydrogens is 192 g/mol. The third-order valence-electron chi connectivity index (χ3n) is 2.24. The Bertz CT molecular complexity index is 161. The maximum absolute atomic E-state index is 10.0. The molecule has 0 aliphatic carbocycles. The molecule has 0 bridgehead atoms. The number of hydrogen-bond donors (Lipinski definition) is 2. The Balaban J connectivity index is 3.71. The number of ether oxygens (including phenoxy) is 1. The summed E-state index contributed by atoms with van der Waals surface area (Å²) in [4.78, 5) is 1.99. The average molecular weight is 218 g/mol. The Morgan fingerprint density at radius 3 is 2.53 bits per heavy atom. The summed E-state index contributed by atoms with van der Waals surface area (Å²) in [5.74, 6) is 0. The molecule has 0 amide bonds. The first-order valence-corrected chi connectivity index (χ1v) is 5.47. The molecular formula is C11H26N2O2. The van der Waals surface area contributed by atoms with Gasteiger partial charge in [-0.3, -0.25) is 0 Å². The highest BCUT2D eigenvalue weighted by Crippen LogP contribution is 2.03. The van der Waals surface area contributed by atoms with Crippen LogP contribution in [0.3, 0.4) is 0 Å². The van der Waals surface area contributed by atoms with E-state index >= 15 is 0 Å². The first kappa shape index (κ1) is 14.8. The average Bonchev–Trinajstić information content (AvgIpc) is 2.09. The van der Waals surface area contributed by atoms with Crippen LogP contribution in [0.5, 0.6) is 0 Å². The van der Waals surface area contributed by atoms with E-state index < -0.39 is 5.60 Å². The molecule has 0 rings (SSSR count). The van der Waals surface area contributed by atoms with Gasteiger partial charge in [-0.15, -0.1) is 0 Å². The zero-order valence-corrected chi connectivity index (χ0v) is 10.7. The Hall–Kier alpha value is -0.160. The van der Waals surface area contributed by atoms with E-state index in [0.29, 0.717) is 19.1 Å². The second-order valence-corrected chi connectivity index (χ2v) is 4.80. The van der Waals surface area contributed by atoms with Gasteiger partial charge in [-0.05, 0) is 34.4 Å². The first-order valence-electron chi connectivity index (χ1n) is 5.47. The number of nitrogens with zero attached hydrogens (tertiary/aromatic N) is 1. The highest BCUT2D eigenvalue weighted by Gasteiger charge is 2.21. The van der Waals surface area contributed by atoms with Gasteiger partial charge in [-0.2, -0.15) is 0 Å². The molecule has 4 nitrogen and oxygen atoms in total. The second-order valence-electron chi connectivity index (χ2n) is 4.80. The SMILES string of the molecule is COCCC(C)NCC(C)(O)CN(C)C. The van der Waals surface area contributed by atoms with Gasteiger partial charge in [0, 0.05) is 32.8 Å². The highest BCUT2D eigenvalue weighted by atomic mass is 16.5. The monoisotopic (exact) mass is 218 g/mol. The Kier molecular flexibility index (Phi) is 7.09. The Morgan fingerprint density at radius 2 is 2.07 bits per heavy atom. The van der Waals surface area contributed by atoms with E-state index in [-0.39, 0.29) is 0 Å². The third-order valence-corrected chi connectivity index (χ3v) is 2.24. The van der Waals surface area contributed by atoms with Crippen molar-refractivity contribution in [3.05, 3.63) is 0 Å². The minimum atomic E-state index is -0.676. The maximum Gasteiger partial charge on any atom is 0.0869 e. The van der Waals surface area contributed by atoms with E-state index in [1.807, 2.05) is 25.9 Å². The summed E-state index contributed by atoms with van der Waals surface area (Å²) in [6, 6.07) is 0.374. The molecule has 0 aliphatic rings. The molecule has 0 saturated carbocycles. The van der Waals surface area contributed by atoms with Crippen molar-refractivity contribution in [1.82, 2.24) is 10.2 Å². The van der Waals surface area contributed by atoms with E-state index in [1.54, 1.807) is 7.11 Å². The van der Waals surface area contributed by atoms with Gasteiger partial charge in [0.25, 0.3) is 0 Å². The molecule has 0 saturated heterocycles. The molecule has 2 N–H and O–H groups in total. The summed E-state index contributed by atoms with van der Waals surface area (Å²) in [7, 11) is 5.63. The van der Waals surface area contributed by atoms with Gasteiger partial charge in [-0.1, -0.05) is 0 Å². The van der Waals surface area contributed by atoms with Gasteiger partial charge in [0.1, 0.15) is 0 Å². The molecule has 0 fully saturated rings. The summed E-state index contributed by atoms with van der Waals surface area (Å²) < 4.78 is 5.00. The standard InChI is InChI=1S/C11H26N2O2/c1-10(6-7-15-5)12-8-11(2,14)9-13(3)4/h10,12,14H,6-9H2,1-5H3. The number of hydrogen-bond acceptors (Lipinski definition) is 4. The minimum absolute atomic E-state index is 0.374. The van der Waals surface area contributed by atoms with Crippen molar-refractivity contribution in [3.8, 4) is 0 Å². The Morgan fingerprint density at radius 1 is 1.47 bits per heavy atom. The summed E-state index contributed by atoms with van der Waals surface area (Å²) in [5, 5.41) is 13.3. The Labute approximate surface area is 93.6 Å². The van der Waals surface area contributed by atoms with Gasteiger partial charge in [0.05, 0.1) is 5.60 Å². The largest absolute Gasteiger partial charge is 0.388 e. The van der Waals surface area contributed by atoms with Gasteiger partial charge >= 0.3 is 0 Å². The van der Waals surface area contributed by atoms with Crippen molar-refractivity contribution in [2.75, 3.05) is 40.9 Å². The van der Waals surface area contributed by atoms with Gasteiger partial charge < -0.3 is 20.1 Å². The molecule has 0 aromatic rings. The van der Waals surface area contributed by atoms with Crippen LogP contribution in [0.1, 0.15) is 20.3 Å². The van der Waals surface area contributed by atoms with E-state index in [2.05, 4.69) is 12.2 Å². The number of nitrogens with one attached hydrogen (secondary N) is 1. The molecule has 0 spiro atoms. The van der Waals surface area contributed by atoms with Crippen LogP contribution in [0.4, 0.5) is 0 Å². The number of rotatable bonds is 8. The van der Waals surface area contributed by atoms with Crippen molar-refractivity contribution in [1.29, 1.82) is 0 Å². The van der Waals surface area contributed by atoms with Crippen molar-refractivity contribution in [2.24, 2.45) is 0 Å². The molecule has 4 heteroatoms. The zero-order chi connectivity index (χ0) is 11.9. The summed E-state index contributed by atoms with van der Waals surface area (Å²) in [6.07, 6.45) is 0.967. The first-order chi connectivity index (χ1) is 6.87. The lowest BCUT2D eigenvalue weighted by Gasteiger charge is -2.28. The smallest absolute Gasteiger partial charge is 0.0869 e. The summed E-state index contributed by atoms with van der Waals surface area (Å²) in [6.45, 7) is 5.98. The topological polar surface area (TPSA) is 44.7 Å². The zero-order valence-electron chi connectivity index (χ0n) is 10.7. The lowest BCUT2D eigenvalue weighted by atomic mass is 10.1. The fourth-order valence-electron chi connectivity index (χ4n) is 1.53. The molecule has 15 heavy (non-hydrogen) atoms. The maximum atomic E-state index is 10.0. The van der Waals surface area contributed by atoms with Crippen molar-refractivity contribution in [2.45, 2.75) is 31.9 Å². The van der Waals surface area contributed by atoms with Crippen LogP contribution >= 0.6 is 0 Å². The fraction of sp³-hybridized carbons (Fsp3) is 1.00. The van der Waals surface area contributed by atoms with Crippen LogP contribution in [0.2, 0.25) is 0 Å². The molecule has 0 aromatic carbocycles. The predicted octanol–water partition coefficient (Wildman–Crippen LogP) is 0.314. The summed E-state index contributed by atoms with van der Waals surface area (Å²) in [5.41, 5.74) is -0.676. The molecule has 0 heterocycles. The highest BCUT2D eigenvalue weighted by molar-refractivity contribution is 4.79. The van der Waals surface area contributed by atoms with Crippen LogP contribution in [0.15, 0.2) is 0 Å². The van der Waals surface area contributed by atoms with E-state index in [0.717, 1.165) is 13.0 Å². The molecule has 0 radical (unpaired) electrons. The minimum Gasteiger partial charge on any atom is -0.388 e. The van der Waals surface area contributed by atoms with Gasteiger partial charge in [0.15, 0.2) is 0 Å². The molecule has 2 atom stereocenters. The molecule has 0 aliphatic heterocycles. The van der Waals surface area contributed by atoms with Crippen LogP contribution in [0, 0.1) is 0 Å². The van der Waals surface area contributed by atoms with Crippen molar-refractivity contribution in [3.63, 3.8) is 0 Å². The number of likely N-dealkylation sites (N-methyl/N-ethyl adjacent to an activating group) is 1. The third kappa shape index (κ3) is 8.81. The van der Waals surface area contributed by atoms with Gasteiger partial charge in [0.2, 0.25) is 0 Å². The van der Waals surface area contributed by atoms with Crippen molar-refractivity contribution >= 4 is 0 Å². The van der Waals surface area contributed by atoms with Crippen LogP contribution in [-0.2, 0) is 4.74 Å². The summed E-state index contributed by atoms with van der Waals surface area (Å²) >= 11 is 0. The predicted molar refractivity (Wildman–Crippen MR) is 63.1 cm³/mol. The molecule has 2 unspecified atom stereocenters. The lowest BCUT2D eigenvalue weighted by molar-refractivity contribution is 0.0308. The normalized spacial score (nSPS) is 17.8. The number of aliphatic hydroxyl groups is 1. The number of methoxy groups -OCH3 is 1. The fourth-order valence-corrected chi connectivity index (χ4v) is 1.53. The van der Waals surface area contributed by atoms with Crippen LogP contribution in [-0.4, -0.2) is 62.6 Å². The van der Waals surface area contributed by atoms with E-state index in [9.17, 15) is 5.11 Å². The molecule has 0 aromatic heterocycles. The van der Waals surface area contributed by atoms with Gasteiger partial charge in [-0.25, -0.2) is 0 Å². The second kappa shape index (κ2) is 7.17. The van der Waals surface area contributed by atoms with E-state index in [4.69, 9.17) is 4.74 Å². The van der Waals surface area contributed by atoms with Crippen molar-refractivity contribution < 1.29 is 9.84 Å². The van der Waals surface area contributed by atoms with E-state index in [1.165, 1.54) is 0 Å². The van der Waals surface area contributed by atoms with Crippen LogP contribution in [0.25, 0.3) is 0 Å².